The van der Waals surface area contributed by atoms with E-state index in [0.717, 1.165) is 59.1 Å². The number of carbonyl (C=O) groups is 2. The van der Waals surface area contributed by atoms with Gasteiger partial charge in [0.1, 0.15) is 11.5 Å². The van der Waals surface area contributed by atoms with Gasteiger partial charge in [0.25, 0.3) is 0 Å². The minimum atomic E-state index is -1.36. The molecule has 10 nitrogen and oxygen atoms in total. The molecule has 4 bridgehead atoms. The molecule has 0 amide bonds. The number of aromatic amines is 1. The number of aliphatic hydroxyl groups excluding tert-OH is 1. The van der Waals surface area contributed by atoms with Gasteiger partial charge in [0.05, 0.1) is 17.6 Å². The summed E-state index contributed by atoms with van der Waals surface area (Å²) in [7, 11) is 0. The molecular formula is C51H53N3O7-2. The lowest BCUT2D eigenvalue weighted by Crippen LogP contribution is -2.40. The first-order valence-electron chi connectivity index (χ1n) is 21.8. The topological polar surface area (TPSA) is 168 Å². The minimum absolute atomic E-state index is 0.0128. The van der Waals surface area contributed by atoms with E-state index in [1.807, 2.05) is 48.7 Å². The fourth-order valence-corrected chi connectivity index (χ4v) is 10.2. The van der Waals surface area contributed by atoms with Crippen LogP contribution in [0.3, 0.4) is 0 Å². The van der Waals surface area contributed by atoms with Gasteiger partial charge in [-0.1, -0.05) is 96.0 Å². The average Bonchev–Trinajstić information content (AvgIpc) is 4.03. The summed E-state index contributed by atoms with van der Waals surface area (Å²) in [6.45, 7) is -0.205. The Morgan fingerprint density at radius 1 is 0.869 bits per heavy atom. The number of benzene rings is 3. The SMILES string of the molecule is O=C1CCc2cc(c(O)c(OC3CCCC3)c2)Cc2cccc(c2)Cc2cc[nH]c2[N-]CC2=Cc3[n-]ccc3[C@H](C[C@]3(O)C=Cc4c(O)cccc4CC3)[C@@H]2C(=O)[C@H]1CCO. The molecule has 0 radical (unpaired) electrons. The molecule has 3 aliphatic carbocycles. The number of H-pyrrole nitrogens is 1. The molecule has 1 fully saturated rings. The Morgan fingerprint density at radius 2 is 1.67 bits per heavy atom. The van der Waals surface area contributed by atoms with Crippen LogP contribution in [0.2, 0.25) is 0 Å². The number of hydrogen-bond acceptors (Lipinski definition) is 7. The number of ketones is 2. The zero-order valence-electron chi connectivity index (χ0n) is 34.4. The fourth-order valence-electron chi connectivity index (χ4n) is 10.2. The molecule has 316 valence electrons. The van der Waals surface area contributed by atoms with Gasteiger partial charge in [0.15, 0.2) is 17.3 Å². The molecular weight excluding hydrogens is 767 g/mol. The number of phenols is 2. The maximum absolute atomic E-state index is 15.3. The Bertz CT molecular complexity index is 2490. The quantitative estimate of drug-likeness (QED) is 0.106. The van der Waals surface area contributed by atoms with E-state index in [2.05, 4.69) is 28.2 Å². The third-order valence-electron chi connectivity index (χ3n) is 13.4. The number of aromatic hydroxyl groups is 2. The van der Waals surface area contributed by atoms with Gasteiger partial charge < -0.3 is 40.4 Å². The van der Waals surface area contributed by atoms with Gasteiger partial charge in [-0.15, -0.1) is 5.69 Å². The Balaban J connectivity index is 1.11. The first kappa shape index (κ1) is 40.6. The van der Waals surface area contributed by atoms with Crippen molar-refractivity contribution in [3.63, 3.8) is 0 Å². The van der Waals surface area contributed by atoms with Crippen LogP contribution in [0.15, 0.2) is 90.8 Å². The smallest absolute Gasteiger partial charge is 0.161 e. The van der Waals surface area contributed by atoms with E-state index in [-0.39, 0.29) is 61.6 Å². The molecule has 3 heterocycles. The van der Waals surface area contributed by atoms with Crippen LogP contribution in [0.5, 0.6) is 17.2 Å². The first-order valence-corrected chi connectivity index (χ1v) is 21.8. The van der Waals surface area contributed by atoms with Gasteiger partial charge >= 0.3 is 0 Å². The number of aromatic nitrogens is 2. The highest BCUT2D eigenvalue weighted by atomic mass is 16.5. The second kappa shape index (κ2) is 17.3. The summed E-state index contributed by atoms with van der Waals surface area (Å²) in [6, 6.07) is 21.4. The zero-order chi connectivity index (χ0) is 42.1. The minimum Gasteiger partial charge on any atom is -0.664 e. The van der Waals surface area contributed by atoms with Crippen molar-refractivity contribution < 1.29 is 34.8 Å². The monoisotopic (exact) mass is 819 g/mol. The average molecular weight is 820 g/mol. The van der Waals surface area contributed by atoms with Crippen LogP contribution >= 0.6 is 0 Å². The number of aryl methyl sites for hydroxylation is 2. The number of Topliss-reactive ketones (excluding diaryl/α,β-unsaturated/α-hetero) is 2. The van der Waals surface area contributed by atoms with Crippen molar-refractivity contribution in [1.82, 2.24) is 9.97 Å². The van der Waals surface area contributed by atoms with Crippen molar-refractivity contribution in [2.24, 2.45) is 11.8 Å². The predicted molar refractivity (Wildman–Crippen MR) is 234 cm³/mol. The summed E-state index contributed by atoms with van der Waals surface area (Å²) in [6.07, 6.45) is 15.4. The van der Waals surface area contributed by atoms with Crippen molar-refractivity contribution in [2.45, 2.75) is 94.7 Å². The highest BCUT2D eigenvalue weighted by Gasteiger charge is 2.43. The van der Waals surface area contributed by atoms with E-state index >= 15 is 4.79 Å². The summed E-state index contributed by atoms with van der Waals surface area (Å²) >= 11 is 0. The Morgan fingerprint density at radius 3 is 2.49 bits per heavy atom. The zero-order valence-corrected chi connectivity index (χ0v) is 34.4. The second-order valence-corrected chi connectivity index (χ2v) is 17.5. The number of phenolic OH excluding ortho intramolecular Hbond substituents is 2. The van der Waals surface area contributed by atoms with Gasteiger partial charge in [-0.05, 0) is 117 Å². The van der Waals surface area contributed by atoms with Crippen LogP contribution in [0, 0.1) is 11.8 Å². The maximum atomic E-state index is 15.3. The number of carbonyl (C=O) groups excluding carboxylic acids is 2. The standard InChI is InChI=1S/C51H53N3O7/c55-22-17-41-45(57)12-11-33-26-36(48(58)46(27-33)61-38-8-1-2-9-38)25-32-6-3-5-31(23-32)24-35-15-20-53-50(35)54-30-37-28-43-40(16-21-52-43)42(47(37)49(41)59)29-51(60)18-13-34-7-4-10-44(56)39(34)14-19-51/h3-7,10,14-16,19-21,23,26-28,38,41-42,47,53,55-56,58,60H,1-2,8-9,11-13,17-18,22,24-25,29-30H2/q-2/t41-,42-,47+,51+/m0/s1. The van der Waals surface area contributed by atoms with E-state index in [1.54, 1.807) is 30.5 Å². The highest BCUT2D eigenvalue weighted by molar-refractivity contribution is 6.05. The van der Waals surface area contributed by atoms with E-state index in [1.165, 1.54) is 0 Å². The number of fused-ring (bicyclic) bond motifs is 8. The highest BCUT2D eigenvalue weighted by Crippen LogP contribution is 2.47. The van der Waals surface area contributed by atoms with Crippen molar-refractivity contribution >= 4 is 29.5 Å². The van der Waals surface area contributed by atoms with Crippen LogP contribution in [0.25, 0.3) is 17.5 Å². The number of nitrogens with zero attached hydrogens (tertiary/aromatic N) is 2. The van der Waals surface area contributed by atoms with Crippen LogP contribution in [0.1, 0.15) is 107 Å². The Kier molecular flexibility index (Phi) is 11.5. The first-order chi connectivity index (χ1) is 29.6. The number of ether oxygens (including phenoxy) is 1. The molecule has 0 saturated heterocycles. The summed E-state index contributed by atoms with van der Waals surface area (Å²) in [5.74, 6) is -1.76. The maximum Gasteiger partial charge on any atom is 0.161 e. The molecule has 1 aliphatic heterocycles. The van der Waals surface area contributed by atoms with Crippen molar-refractivity contribution in [2.75, 3.05) is 13.2 Å². The molecule has 2 aromatic heterocycles. The lowest BCUT2D eigenvalue weighted by molar-refractivity contribution is -0.135. The van der Waals surface area contributed by atoms with E-state index in [0.29, 0.717) is 66.1 Å². The third-order valence-corrected chi connectivity index (χ3v) is 13.4. The second-order valence-electron chi connectivity index (χ2n) is 17.5. The van der Waals surface area contributed by atoms with Gasteiger partial charge in [-0.25, -0.2) is 0 Å². The molecule has 1 saturated carbocycles. The lowest BCUT2D eigenvalue weighted by Gasteiger charge is -2.40. The molecule has 61 heavy (non-hydrogen) atoms. The lowest BCUT2D eigenvalue weighted by atomic mass is 9.67. The van der Waals surface area contributed by atoms with Gasteiger partial charge in [0, 0.05) is 36.5 Å². The summed E-state index contributed by atoms with van der Waals surface area (Å²) in [5, 5.41) is 50.2. The molecule has 10 heteroatoms. The number of rotatable bonds is 6. The Hall–Kier alpha value is -5.84. The van der Waals surface area contributed by atoms with Crippen LogP contribution < -0.4 is 9.72 Å². The number of nitrogens with one attached hydrogen (secondary N) is 1. The molecule has 4 atom stereocenters. The summed E-state index contributed by atoms with van der Waals surface area (Å²) < 4.78 is 6.41. The van der Waals surface area contributed by atoms with Crippen molar-refractivity contribution in [3.8, 4) is 17.2 Å². The molecule has 3 aromatic carbocycles. The fraction of sp³-hybridized carbons (Fsp3) is 0.373. The summed E-state index contributed by atoms with van der Waals surface area (Å²) in [5.41, 5.74) is 7.05. The largest absolute Gasteiger partial charge is 0.664 e. The van der Waals surface area contributed by atoms with E-state index in [9.17, 15) is 25.2 Å². The van der Waals surface area contributed by atoms with Gasteiger partial charge in [-0.2, -0.15) is 6.20 Å². The molecule has 5 N–H and O–H groups in total. The summed E-state index contributed by atoms with van der Waals surface area (Å²) in [4.78, 5) is 37.8. The molecule has 5 aromatic rings. The number of hydrogen-bond donors (Lipinski definition) is 5. The van der Waals surface area contributed by atoms with Crippen molar-refractivity contribution in [1.29, 1.82) is 0 Å². The van der Waals surface area contributed by atoms with Crippen LogP contribution in [-0.2, 0) is 35.3 Å². The number of aliphatic hydroxyl groups is 2. The van der Waals surface area contributed by atoms with E-state index < -0.39 is 23.4 Å². The third kappa shape index (κ3) is 8.57. The molecule has 4 aliphatic rings. The van der Waals surface area contributed by atoms with Crippen molar-refractivity contribution in [3.05, 3.63) is 146 Å². The molecule has 0 spiro atoms. The van der Waals surface area contributed by atoms with Crippen LogP contribution in [0.4, 0.5) is 5.82 Å². The molecule has 9 rings (SSSR count). The normalized spacial score (nSPS) is 23.2. The van der Waals surface area contributed by atoms with Crippen LogP contribution in [-0.4, -0.2) is 61.8 Å². The van der Waals surface area contributed by atoms with Gasteiger partial charge in [0.2, 0.25) is 0 Å². The molecule has 0 unspecified atom stereocenters. The van der Waals surface area contributed by atoms with E-state index in [4.69, 9.17) is 10.1 Å². The Labute approximate surface area is 356 Å². The van der Waals surface area contributed by atoms with Gasteiger partial charge in [-0.3, -0.25) is 9.59 Å². The predicted octanol–water partition coefficient (Wildman–Crippen LogP) is 8.55.